The smallest absolute Gasteiger partial charge is 0.160 e. The highest BCUT2D eigenvalue weighted by Gasteiger charge is 2.13. The van der Waals surface area contributed by atoms with E-state index in [0.717, 1.165) is 34.8 Å². The second-order valence-corrected chi connectivity index (χ2v) is 7.52. The second-order valence-electron chi connectivity index (χ2n) is 7.52. The molecule has 1 aromatic carbocycles. The van der Waals surface area contributed by atoms with Gasteiger partial charge in [0, 0.05) is 29.5 Å². The first-order valence-corrected chi connectivity index (χ1v) is 10.3. The number of hydrogen-bond acceptors (Lipinski definition) is 5. The predicted molar refractivity (Wildman–Crippen MR) is 123 cm³/mol. The minimum Gasteiger partial charge on any atom is -0.384 e. The number of allylic oxidation sites excluding steroid dienone is 1. The van der Waals surface area contributed by atoms with Crippen molar-refractivity contribution in [3.63, 3.8) is 0 Å². The van der Waals surface area contributed by atoms with Gasteiger partial charge in [0.15, 0.2) is 5.65 Å². The fraction of sp³-hybridized carbons (Fsp3) is 0.391. The van der Waals surface area contributed by atoms with Crippen LogP contribution in [0.15, 0.2) is 36.4 Å². The largest absolute Gasteiger partial charge is 0.384 e. The number of fused-ring (bicyclic) bond motifs is 1. The number of aromatic nitrogens is 3. The SMILES string of the molecule is C/C=C(\Nc1ccc(CN(C)C(CC)CC)cc1)c1cc(N)nc2[nH]c(C)nc12. The molecule has 0 saturated carbocycles. The van der Waals surface area contributed by atoms with Gasteiger partial charge in [0.25, 0.3) is 0 Å². The number of benzene rings is 1. The van der Waals surface area contributed by atoms with Crippen molar-refractivity contribution in [2.75, 3.05) is 18.1 Å². The molecule has 29 heavy (non-hydrogen) atoms. The van der Waals surface area contributed by atoms with E-state index in [-0.39, 0.29) is 0 Å². The molecule has 154 valence electrons. The van der Waals surface area contributed by atoms with Gasteiger partial charge in [-0.05, 0) is 57.5 Å². The maximum absolute atomic E-state index is 6.01. The van der Waals surface area contributed by atoms with Crippen LogP contribution in [0.25, 0.3) is 16.9 Å². The summed E-state index contributed by atoms with van der Waals surface area (Å²) < 4.78 is 0. The van der Waals surface area contributed by atoms with E-state index in [1.54, 1.807) is 0 Å². The van der Waals surface area contributed by atoms with E-state index >= 15 is 0 Å². The van der Waals surface area contributed by atoms with E-state index in [4.69, 9.17) is 5.73 Å². The van der Waals surface area contributed by atoms with E-state index in [2.05, 4.69) is 70.3 Å². The number of imidazole rings is 1. The third-order valence-corrected chi connectivity index (χ3v) is 5.40. The van der Waals surface area contributed by atoms with Gasteiger partial charge >= 0.3 is 0 Å². The Labute approximate surface area is 173 Å². The monoisotopic (exact) mass is 392 g/mol. The van der Waals surface area contributed by atoms with Gasteiger partial charge in [0.1, 0.15) is 17.2 Å². The molecule has 0 aliphatic heterocycles. The summed E-state index contributed by atoms with van der Waals surface area (Å²) in [6.07, 6.45) is 4.38. The van der Waals surface area contributed by atoms with Crippen LogP contribution in [0.4, 0.5) is 11.5 Å². The van der Waals surface area contributed by atoms with Crippen LogP contribution < -0.4 is 11.1 Å². The van der Waals surface area contributed by atoms with Crippen molar-refractivity contribution in [1.82, 2.24) is 19.9 Å². The van der Waals surface area contributed by atoms with Crippen molar-refractivity contribution in [2.45, 2.75) is 53.1 Å². The zero-order chi connectivity index (χ0) is 21.0. The number of aryl methyl sites for hydroxylation is 1. The number of nitrogens with one attached hydrogen (secondary N) is 2. The molecule has 4 N–H and O–H groups in total. The number of nitrogens with zero attached hydrogens (tertiary/aromatic N) is 3. The fourth-order valence-electron chi connectivity index (χ4n) is 3.80. The highest BCUT2D eigenvalue weighted by Crippen LogP contribution is 2.26. The Morgan fingerprint density at radius 1 is 1.21 bits per heavy atom. The Bertz CT molecular complexity index is 983. The van der Waals surface area contributed by atoms with Gasteiger partial charge in [-0.1, -0.05) is 32.1 Å². The van der Waals surface area contributed by atoms with Gasteiger partial charge in [-0.25, -0.2) is 9.97 Å². The molecular formula is C23H32N6. The summed E-state index contributed by atoms with van der Waals surface area (Å²) in [5.74, 6) is 1.29. The summed E-state index contributed by atoms with van der Waals surface area (Å²) in [6.45, 7) is 9.38. The van der Waals surface area contributed by atoms with Crippen molar-refractivity contribution in [1.29, 1.82) is 0 Å². The molecule has 0 fully saturated rings. The standard InChI is InChI=1S/C23H32N6/c1-6-18(7-2)29(5)14-16-9-11-17(12-10-16)27-20(8-3)19-13-21(24)28-23-22(19)25-15(4)26-23/h8-13,18,27H,6-7,14H2,1-5H3,(H3,24,25,26,28)/b20-8-. The number of nitrogens with two attached hydrogens (primary N) is 1. The van der Waals surface area contributed by atoms with E-state index in [0.29, 0.717) is 17.5 Å². The molecular weight excluding hydrogens is 360 g/mol. The number of pyridine rings is 1. The number of nitrogen functional groups attached to an aromatic ring is 1. The predicted octanol–water partition coefficient (Wildman–Crippen LogP) is 4.94. The first kappa shape index (κ1) is 20.9. The lowest BCUT2D eigenvalue weighted by Gasteiger charge is -2.26. The van der Waals surface area contributed by atoms with Crippen molar-refractivity contribution in [2.24, 2.45) is 0 Å². The molecule has 3 rings (SSSR count). The van der Waals surface area contributed by atoms with Gasteiger partial charge in [0.05, 0.1) is 0 Å². The van der Waals surface area contributed by atoms with Gasteiger partial charge in [-0.2, -0.15) is 0 Å². The summed E-state index contributed by atoms with van der Waals surface area (Å²) in [7, 11) is 2.20. The summed E-state index contributed by atoms with van der Waals surface area (Å²) in [6, 6.07) is 11.1. The minimum atomic E-state index is 0.470. The van der Waals surface area contributed by atoms with E-state index in [9.17, 15) is 0 Å². The first-order chi connectivity index (χ1) is 13.9. The topological polar surface area (TPSA) is 82.9 Å². The van der Waals surface area contributed by atoms with Crippen LogP contribution >= 0.6 is 0 Å². The molecule has 0 aliphatic rings. The zero-order valence-electron chi connectivity index (χ0n) is 18.1. The molecule has 0 atom stereocenters. The molecule has 6 heteroatoms. The highest BCUT2D eigenvalue weighted by atomic mass is 15.1. The third kappa shape index (κ3) is 4.77. The number of aromatic amines is 1. The van der Waals surface area contributed by atoms with Crippen LogP contribution in [0.5, 0.6) is 0 Å². The number of hydrogen-bond donors (Lipinski definition) is 3. The Morgan fingerprint density at radius 2 is 1.90 bits per heavy atom. The molecule has 0 aliphatic carbocycles. The number of H-pyrrole nitrogens is 1. The summed E-state index contributed by atoms with van der Waals surface area (Å²) in [5.41, 5.74) is 11.8. The normalized spacial score (nSPS) is 12.3. The summed E-state index contributed by atoms with van der Waals surface area (Å²) >= 11 is 0. The zero-order valence-corrected chi connectivity index (χ0v) is 18.1. The third-order valence-electron chi connectivity index (χ3n) is 5.40. The minimum absolute atomic E-state index is 0.470. The second kappa shape index (κ2) is 9.09. The van der Waals surface area contributed by atoms with Crippen LogP contribution in [0.3, 0.4) is 0 Å². The quantitative estimate of drug-likeness (QED) is 0.506. The van der Waals surface area contributed by atoms with Crippen LogP contribution in [0.1, 0.15) is 50.6 Å². The average molecular weight is 393 g/mol. The molecule has 0 spiro atoms. The van der Waals surface area contributed by atoms with Crippen LogP contribution in [-0.4, -0.2) is 32.9 Å². The van der Waals surface area contributed by atoms with Gasteiger partial charge in [0.2, 0.25) is 0 Å². The van der Waals surface area contributed by atoms with Crippen LogP contribution in [0, 0.1) is 6.92 Å². The molecule has 0 bridgehead atoms. The molecule has 2 aromatic heterocycles. The van der Waals surface area contributed by atoms with Crippen LogP contribution in [0.2, 0.25) is 0 Å². The van der Waals surface area contributed by atoms with E-state index in [1.165, 1.54) is 18.4 Å². The molecule has 0 unspecified atom stereocenters. The molecule has 0 amide bonds. The lowest BCUT2D eigenvalue weighted by Crippen LogP contribution is -2.29. The fourth-order valence-corrected chi connectivity index (χ4v) is 3.80. The van der Waals surface area contributed by atoms with Gasteiger partial charge in [-0.15, -0.1) is 0 Å². The molecule has 2 heterocycles. The van der Waals surface area contributed by atoms with Crippen molar-refractivity contribution in [3.8, 4) is 0 Å². The Morgan fingerprint density at radius 3 is 2.52 bits per heavy atom. The van der Waals surface area contributed by atoms with E-state index in [1.807, 2.05) is 26.0 Å². The molecule has 6 nitrogen and oxygen atoms in total. The molecule has 3 aromatic rings. The van der Waals surface area contributed by atoms with Crippen molar-refractivity contribution < 1.29 is 0 Å². The van der Waals surface area contributed by atoms with Gasteiger partial charge in [-0.3, -0.25) is 4.90 Å². The lowest BCUT2D eigenvalue weighted by molar-refractivity contribution is 0.222. The average Bonchev–Trinajstić information content (AvgIpc) is 3.07. The Kier molecular flexibility index (Phi) is 6.54. The maximum Gasteiger partial charge on any atom is 0.160 e. The van der Waals surface area contributed by atoms with Crippen LogP contribution in [-0.2, 0) is 6.54 Å². The highest BCUT2D eigenvalue weighted by molar-refractivity contribution is 5.92. The number of anilines is 2. The summed E-state index contributed by atoms with van der Waals surface area (Å²) in [5, 5.41) is 3.51. The lowest BCUT2D eigenvalue weighted by atomic mass is 10.1. The van der Waals surface area contributed by atoms with Crippen molar-refractivity contribution >= 4 is 28.4 Å². The molecule has 0 radical (unpaired) electrons. The van der Waals surface area contributed by atoms with Crippen molar-refractivity contribution in [3.05, 3.63) is 53.4 Å². The maximum atomic E-state index is 6.01. The summed E-state index contributed by atoms with van der Waals surface area (Å²) in [4.78, 5) is 14.5. The van der Waals surface area contributed by atoms with E-state index < -0.39 is 0 Å². The Hall–Kier alpha value is -2.86. The number of rotatable bonds is 8. The van der Waals surface area contributed by atoms with Gasteiger partial charge < -0.3 is 16.0 Å². The Balaban J connectivity index is 1.79. The first-order valence-electron chi connectivity index (χ1n) is 10.3. The molecule has 0 saturated heterocycles.